The molecule has 108 valence electrons. The van der Waals surface area contributed by atoms with Crippen LogP contribution in [0, 0.1) is 0 Å². The molecule has 19 heavy (non-hydrogen) atoms. The number of hydrogen-bond donors (Lipinski definition) is 1. The summed E-state index contributed by atoms with van der Waals surface area (Å²) in [6.07, 6.45) is 3.46. The molecule has 0 heterocycles. The van der Waals surface area contributed by atoms with Gasteiger partial charge in [-0.25, -0.2) is 0 Å². The summed E-state index contributed by atoms with van der Waals surface area (Å²) >= 11 is 0. The smallest absolute Gasteiger partial charge is 0.118 e. The summed E-state index contributed by atoms with van der Waals surface area (Å²) in [5, 5.41) is 0. The van der Waals surface area contributed by atoms with E-state index in [-0.39, 0.29) is 0 Å². The van der Waals surface area contributed by atoms with Crippen molar-refractivity contribution < 1.29 is 4.74 Å². The fourth-order valence-corrected chi connectivity index (χ4v) is 2.51. The van der Waals surface area contributed by atoms with Crippen molar-refractivity contribution in [3.8, 4) is 5.75 Å². The van der Waals surface area contributed by atoms with Crippen LogP contribution in [-0.2, 0) is 6.42 Å². The van der Waals surface area contributed by atoms with Crippen LogP contribution >= 0.6 is 0 Å². The van der Waals surface area contributed by atoms with Crippen molar-refractivity contribution in [1.82, 2.24) is 4.90 Å². The van der Waals surface area contributed by atoms with Gasteiger partial charge < -0.3 is 10.5 Å². The molecule has 0 aromatic heterocycles. The van der Waals surface area contributed by atoms with Crippen LogP contribution in [0.15, 0.2) is 24.3 Å². The minimum absolute atomic E-state index is 0.654. The Morgan fingerprint density at radius 3 is 2.21 bits per heavy atom. The number of ether oxygens (including phenoxy) is 1. The van der Waals surface area contributed by atoms with Gasteiger partial charge in [0.15, 0.2) is 0 Å². The van der Waals surface area contributed by atoms with E-state index < -0.39 is 0 Å². The lowest BCUT2D eigenvalue weighted by molar-refractivity contribution is 0.193. The highest BCUT2D eigenvalue weighted by Crippen LogP contribution is 2.13. The Balaban J connectivity index is 2.54. The van der Waals surface area contributed by atoms with E-state index in [2.05, 4.69) is 30.9 Å². The summed E-state index contributed by atoms with van der Waals surface area (Å²) in [6.45, 7) is 7.31. The van der Waals surface area contributed by atoms with Crippen LogP contribution in [-0.4, -0.2) is 37.7 Å². The van der Waals surface area contributed by atoms with Crippen LogP contribution in [0.5, 0.6) is 5.75 Å². The van der Waals surface area contributed by atoms with Crippen LogP contribution in [0.1, 0.15) is 32.3 Å². The van der Waals surface area contributed by atoms with Crippen LogP contribution in [0.3, 0.4) is 0 Å². The van der Waals surface area contributed by atoms with Crippen molar-refractivity contribution in [3.05, 3.63) is 29.8 Å². The van der Waals surface area contributed by atoms with Crippen LogP contribution in [0.4, 0.5) is 0 Å². The number of benzene rings is 1. The molecular weight excluding hydrogens is 236 g/mol. The van der Waals surface area contributed by atoms with Gasteiger partial charge in [0.2, 0.25) is 0 Å². The third-order valence-electron chi connectivity index (χ3n) is 3.72. The first-order valence-electron chi connectivity index (χ1n) is 7.32. The van der Waals surface area contributed by atoms with Crippen molar-refractivity contribution in [2.45, 2.75) is 39.2 Å². The summed E-state index contributed by atoms with van der Waals surface area (Å²) in [6, 6.07) is 9.00. The highest BCUT2D eigenvalue weighted by atomic mass is 16.5. The molecule has 0 saturated carbocycles. The molecule has 0 amide bonds. The molecule has 0 atom stereocenters. The van der Waals surface area contributed by atoms with Crippen molar-refractivity contribution in [1.29, 1.82) is 0 Å². The van der Waals surface area contributed by atoms with E-state index in [0.717, 1.165) is 31.8 Å². The van der Waals surface area contributed by atoms with Gasteiger partial charge in [-0.3, -0.25) is 4.90 Å². The molecule has 1 aromatic rings. The van der Waals surface area contributed by atoms with E-state index in [0.29, 0.717) is 6.04 Å². The second kappa shape index (κ2) is 8.94. The van der Waals surface area contributed by atoms with Gasteiger partial charge in [0, 0.05) is 25.7 Å². The molecule has 0 aliphatic rings. The Kier molecular flexibility index (Phi) is 7.53. The first kappa shape index (κ1) is 16.0. The average molecular weight is 264 g/mol. The molecule has 0 bridgehead atoms. The van der Waals surface area contributed by atoms with E-state index >= 15 is 0 Å². The fraction of sp³-hybridized carbons (Fsp3) is 0.625. The van der Waals surface area contributed by atoms with Crippen molar-refractivity contribution >= 4 is 0 Å². The summed E-state index contributed by atoms with van der Waals surface area (Å²) in [5.74, 6) is 0.919. The molecule has 0 radical (unpaired) electrons. The summed E-state index contributed by atoms with van der Waals surface area (Å²) in [7, 11) is 1.70. The highest BCUT2D eigenvalue weighted by Gasteiger charge is 2.13. The molecular formula is C16H28N2O. The van der Waals surface area contributed by atoms with Crippen molar-refractivity contribution in [3.63, 3.8) is 0 Å². The quantitative estimate of drug-likeness (QED) is 0.745. The zero-order valence-corrected chi connectivity index (χ0v) is 12.6. The number of hydrogen-bond acceptors (Lipinski definition) is 3. The fourth-order valence-electron chi connectivity index (χ4n) is 2.51. The summed E-state index contributed by atoms with van der Waals surface area (Å²) < 4.78 is 5.18. The molecule has 0 fully saturated rings. The lowest BCUT2D eigenvalue weighted by Gasteiger charge is -2.30. The first-order valence-corrected chi connectivity index (χ1v) is 7.32. The Labute approximate surface area is 117 Å². The molecule has 0 spiro atoms. The van der Waals surface area contributed by atoms with Gasteiger partial charge in [-0.1, -0.05) is 26.0 Å². The zero-order chi connectivity index (χ0) is 14.1. The third kappa shape index (κ3) is 5.21. The van der Waals surface area contributed by atoms with E-state index in [1.165, 1.54) is 18.4 Å². The molecule has 1 rings (SSSR count). The molecule has 0 saturated heterocycles. The molecule has 0 aliphatic carbocycles. The van der Waals surface area contributed by atoms with Crippen LogP contribution < -0.4 is 10.5 Å². The Bertz CT molecular complexity index is 333. The third-order valence-corrected chi connectivity index (χ3v) is 3.72. The topological polar surface area (TPSA) is 38.5 Å². The van der Waals surface area contributed by atoms with Gasteiger partial charge in [0.1, 0.15) is 5.75 Å². The Hall–Kier alpha value is -1.06. The molecule has 0 aliphatic heterocycles. The lowest BCUT2D eigenvalue weighted by Crippen LogP contribution is -2.39. The highest BCUT2D eigenvalue weighted by molar-refractivity contribution is 5.27. The van der Waals surface area contributed by atoms with Crippen LogP contribution in [0.2, 0.25) is 0 Å². The van der Waals surface area contributed by atoms with Crippen LogP contribution in [0.25, 0.3) is 0 Å². The SMILES string of the molecule is CCC(CC)N(CCN)CCc1ccc(OC)cc1. The number of nitrogens with zero attached hydrogens (tertiary/aromatic N) is 1. The first-order chi connectivity index (χ1) is 9.24. The molecule has 3 heteroatoms. The molecule has 2 N–H and O–H groups in total. The van der Waals surface area contributed by atoms with Gasteiger partial charge in [0.25, 0.3) is 0 Å². The van der Waals surface area contributed by atoms with E-state index in [1.54, 1.807) is 7.11 Å². The monoisotopic (exact) mass is 264 g/mol. The second-order valence-electron chi connectivity index (χ2n) is 4.89. The minimum Gasteiger partial charge on any atom is -0.497 e. The minimum atomic E-state index is 0.654. The molecule has 1 aromatic carbocycles. The Morgan fingerprint density at radius 1 is 1.11 bits per heavy atom. The summed E-state index contributed by atoms with van der Waals surface area (Å²) in [4.78, 5) is 2.52. The largest absolute Gasteiger partial charge is 0.497 e. The van der Waals surface area contributed by atoms with Gasteiger partial charge in [0.05, 0.1) is 7.11 Å². The number of nitrogens with two attached hydrogens (primary N) is 1. The molecule has 3 nitrogen and oxygen atoms in total. The predicted molar refractivity (Wildman–Crippen MR) is 81.7 cm³/mol. The normalized spacial score (nSPS) is 11.3. The van der Waals surface area contributed by atoms with Gasteiger partial charge in [-0.05, 0) is 37.0 Å². The van der Waals surface area contributed by atoms with E-state index in [4.69, 9.17) is 10.5 Å². The molecule has 0 unspecified atom stereocenters. The maximum Gasteiger partial charge on any atom is 0.118 e. The predicted octanol–water partition coefficient (Wildman–Crippen LogP) is 2.69. The van der Waals surface area contributed by atoms with E-state index in [9.17, 15) is 0 Å². The zero-order valence-electron chi connectivity index (χ0n) is 12.6. The maximum absolute atomic E-state index is 5.73. The van der Waals surface area contributed by atoms with Gasteiger partial charge in [-0.2, -0.15) is 0 Å². The van der Waals surface area contributed by atoms with Crippen molar-refractivity contribution in [2.24, 2.45) is 5.73 Å². The van der Waals surface area contributed by atoms with Gasteiger partial charge >= 0.3 is 0 Å². The maximum atomic E-state index is 5.73. The van der Waals surface area contributed by atoms with Gasteiger partial charge in [-0.15, -0.1) is 0 Å². The number of methoxy groups -OCH3 is 1. The number of rotatable bonds is 9. The average Bonchev–Trinajstić information content (AvgIpc) is 2.46. The lowest BCUT2D eigenvalue weighted by atomic mass is 10.1. The van der Waals surface area contributed by atoms with E-state index in [1.807, 2.05) is 12.1 Å². The Morgan fingerprint density at radius 2 is 1.74 bits per heavy atom. The second-order valence-corrected chi connectivity index (χ2v) is 4.89. The van der Waals surface area contributed by atoms with Crippen molar-refractivity contribution in [2.75, 3.05) is 26.7 Å². The standard InChI is InChI=1S/C16H28N2O/c1-4-15(5-2)18(13-11-17)12-10-14-6-8-16(19-3)9-7-14/h6-9,15H,4-5,10-13,17H2,1-3H3. The summed E-state index contributed by atoms with van der Waals surface area (Å²) in [5.41, 5.74) is 7.08.